The SMILES string of the molecule is COC(=O)C=CC(=O)OCCN1CCCS1(O)O. The maximum absolute atomic E-state index is 11.1. The molecule has 0 aromatic rings. The summed E-state index contributed by atoms with van der Waals surface area (Å²) < 4.78 is 29.8. The first-order chi connectivity index (χ1) is 8.45. The minimum Gasteiger partial charge on any atom is -0.466 e. The Hall–Kier alpha value is -1.09. The third-order valence-electron chi connectivity index (χ3n) is 2.38. The van der Waals surface area contributed by atoms with Gasteiger partial charge in [0.1, 0.15) is 6.61 Å². The van der Waals surface area contributed by atoms with Gasteiger partial charge >= 0.3 is 11.9 Å². The summed E-state index contributed by atoms with van der Waals surface area (Å²) >= 11 is 0. The van der Waals surface area contributed by atoms with E-state index in [4.69, 9.17) is 4.74 Å². The van der Waals surface area contributed by atoms with Gasteiger partial charge < -0.3 is 9.47 Å². The number of hydrogen-bond donors (Lipinski definition) is 2. The molecule has 7 nitrogen and oxygen atoms in total. The molecule has 0 spiro atoms. The summed E-state index contributed by atoms with van der Waals surface area (Å²) in [4.78, 5) is 21.8. The van der Waals surface area contributed by atoms with Crippen LogP contribution >= 0.6 is 10.8 Å². The minimum absolute atomic E-state index is 0.0419. The van der Waals surface area contributed by atoms with E-state index in [1.54, 1.807) is 0 Å². The van der Waals surface area contributed by atoms with E-state index in [0.717, 1.165) is 18.6 Å². The van der Waals surface area contributed by atoms with Gasteiger partial charge in [-0.15, -0.1) is 10.8 Å². The van der Waals surface area contributed by atoms with Crippen LogP contribution in [0, 0.1) is 0 Å². The lowest BCUT2D eigenvalue weighted by atomic mass is 10.5. The lowest BCUT2D eigenvalue weighted by Crippen LogP contribution is -2.27. The van der Waals surface area contributed by atoms with Crippen LogP contribution in [-0.2, 0) is 19.1 Å². The zero-order valence-corrected chi connectivity index (χ0v) is 10.9. The van der Waals surface area contributed by atoms with E-state index in [2.05, 4.69) is 4.74 Å². The number of nitrogens with zero attached hydrogens (tertiary/aromatic N) is 1. The smallest absolute Gasteiger partial charge is 0.331 e. The molecule has 1 rings (SSSR count). The second-order valence-corrected chi connectivity index (χ2v) is 5.83. The highest BCUT2D eigenvalue weighted by Gasteiger charge is 2.28. The van der Waals surface area contributed by atoms with Crippen LogP contribution in [-0.4, -0.2) is 57.9 Å². The van der Waals surface area contributed by atoms with Crippen LogP contribution < -0.4 is 0 Å². The highest BCUT2D eigenvalue weighted by Crippen LogP contribution is 2.47. The third-order valence-corrected chi connectivity index (χ3v) is 4.41. The Kier molecular flexibility index (Phi) is 5.60. The third kappa shape index (κ3) is 4.65. The lowest BCUT2D eigenvalue weighted by Gasteiger charge is -2.36. The molecule has 0 saturated carbocycles. The monoisotopic (exact) mass is 279 g/mol. The maximum Gasteiger partial charge on any atom is 0.331 e. The molecule has 8 heteroatoms. The second kappa shape index (κ2) is 6.74. The summed E-state index contributed by atoms with van der Waals surface area (Å²) in [5.74, 6) is -0.944. The molecule has 104 valence electrons. The number of rotatable bonds is 5. The Bertz CT molecular complexity index is 343. The fourth-order valence-electron chi connectivity index (χ4n) is 1.47. The van der Waals surface area contributed by atoms with E-state index in [9.17, 15) is 18.7 Å². The normalized spacial score (nSPS) is 20.8. The summed E-state index contributed by atoms with van der Waals surface area (Å²) in [6.07, 6.45) is 2.65. The average molecular weight is 279 g/mol. The average Bonchev–Trinajstić information content (AvgIpc) is 2.65. The van der Waals surface area contributed by atoms with E-state index in [0.29, 0.717) is 12.3 Å². The first-order valence-electron chi connectivity index (χ1n) is 5.39. The number of esters is 2. The number of carbonyl (C=O) groups excluding carboxylic acids is 2. The highest BCUT2D eigenvalue weighted by atomic mass is 32.3. The predicted molar refractivity (Wildman–Crippen MR) is 66.0 cm³/mol. The fraction of sp³-hybridized carbons (Fsp3) is 0.600. The molecule has 1 saturated heterocycles. The van der Waals surface area contributed by atoms with Crippen LogP contribution in [0.15, 0.2) is 12.2 Å². The molecule has 1 aliphatic rings. The standard InChI is InChI=1S/C10H17NO6S/c1-16-9(12)3-4-10(13)17-7-6-11-5-2-8-18(11,14)15/h3-4,14-15H,2,5-8H2,1H3. The summed E-state index contributed by atoms with van der Waals surface area (Å²) in [6, 6.07) is 0. The zero-order chi connectivity index (χ0) is 13.6. The van der Waals surface area contributed by atoms with Crippen LogP contribution in [0.25, 0.3) is 0 Å². The quantitative estimate of drug-likeness (QED) is 0.562. The predicted octanol–water partition coefficient (Wildman–Crippen LogP) is 0.630. The van der Waals surface area contributed by atoms with Crippen molar-refractivity contribution in [2.45, 2.75) is 6.42 Å². The lowest BCUT2D eigenvalue weighted by molar-refractivity contribution is -0.139. The van der Waals surface area contributed by atoms with Gasteiger partial charge in [0, 0.05) is 18.7 Å². The molecule has 0 amide bonds. The molecule has 0 aromatic carbocycles. The van der Waals surface area contributed by atoms with Gasteiger partial charge in [0.2, 0.25) is 0 Å². The van der Waals surface area contributed by atoms with E-state index >= 15 is 0 Å². The summed E-state index contributed by atoms with van der Waals surface area (Å²) in [5, 5.41) is 0. The van der Waals surface area contributed by atoms with Crippen LogP contribution in [0.1, 0.15) is 6.42 Å². The first-order valence-corrected chi connectivity index (χ1v) is 7.07. The van der Waals surface area contributed by atoms with Gasteiger partial charge in [0.15, 0.2) is 0 Å². The highest BCUT2D eigenvalue weighted by molar-refractivity contribution is 8.22. The van der Waals surface area contributed by atoms with Gasteiger partial charge in [-0.05, 0) is 6.42 Å². The Morgan fingerprint density at radius 3 is 2.56 bits per heavy atom. The van der Waals surface area contributed by atoms with Crippen molar-refractivity contribution in [3.63, 3.8) is 0 Å². The Labute approximate surface area is 107 Å². The van der Waals surface area contributed by atoms with Crippen LogP contribution in [0.4, 0.5) is 0 Å². The molecule has 2 N–H and O–H groups in total. The van der Waals surface area contributed by atoms with Crippen LogP contribution in [0.2, 0.25) is 0 Å². The molecular weight excluding hydrogens is 262 g/mol. The summed E-state index contributed by atoms with van der Waals surface area (Å²) in [6.45, 7) is 0.887. The molecule has 0 aromatic heterocycles. The number of hydrogen-bond acceptors (Lipinski definition) is 7. The minimum atomic E-state index is -2.66. The molecule has 0 unspecified atom stereocenters. The Morgan fingerprint density at radius 1 is 1.33 bits per heavy atom. The topological polar surface area (TPSA) is 96.3 Å². The second-order valence-electron chi connectivity index (χ2n) is 3.64. The van der Waals surface area contributed by atoms with Gasteiger partial charge in [0.05, 0.1) is 19.4 Å². The number of ether oxygens (including phenoxy) is 2. The number of methoxy groups -OCH3 is 1. The molecule has 1 fully saturated rings. The van der Waals surface area contributed by atoms with Crippen LogP contribution in [0.5, 0.6) is 0 Å². The number of carbonyl (C=O) groups is 2. The molecule has 1 aliphatic heterocycles. The van der Waals surface area contributed by atoms with Crippen molar-refractivity contribution >= 4 is 22.7 Å². The molecule has 0 radical (unpaired) electrons. The molecule has 18 heavy (non-hydrogen) atoms. The van der Waals surface area contributed by atoms with E-state index in [1.165, 1.54) is 11.4 Å². The molecular formula is C10H17NO6S. The van der Waals surface area contributed by atoms with Gasteiger partial charge in [0.25, 0.3) is 0 Å². The van der Waals surface area contributed by atoms with Crippen LogP contribution in [0.3, 0.4) is 0 Å². The summed E-state index contributed by atoms with van der Waals surface area (Å²) in [5.41, 5.74) is 0. The Morgan fingerprint density at radius 2 is 2.00 bits per heavy atom. The van der Waals surface area contributed by atoms with Crippen molar-refractivity contribution < 1.29 is 28.2 Å². The van der Waals surface area contributed by atoms with Gasteiger partial charge in [-0.1, -0.05) is 0 Å². The largest absolute Gasteiger partial charge is 0.466 e. The van der Waals surface area contributed by atoms with Gasteiger partial charge in [-0.2, -0.15) is 0 Å². The van der Waals surface area contributed by atoms with Gasteiger partial charge in [-0.3, -0.25) is 9.11 Å². The molecule has 0 atom stereocenters. The maximum atomic E-state index is 11.1. The van der Waals surface area contributed by atoms with E-state index < -0.39 is 22.7 Å². The van der Waals surface area contributed by atoms with E-state index in [1.807, 2.05) is 0 Å². The van der Waals surface area contributed by atoms with Crippen molar-refractivity contribution in [1.82, 2.24) is 4.31 Å². The zero-order valence-electron chi connectivity index (χ0n) is 10.1. The first kappa shape index (κ1) is 15.0. The van der Waals surface area contributed by atoms with E-state index in [-0.39, 0.29) is 13.2 Å². The van der Waals surface area contributed by atoms with Crippen molar-refractivity contribution in [3.05, 3.63) is 12.2 Å². The molecule has 0 bridgehead atoms. The Balaban J connectivity index is 2.24. The summed E-state index contributed by atoms with van der Waals surface area (Å²) in [7, 11) is -1.46. The van der Waals surface area contributed by atoms with Crippen molar-refractivity contribution in [1.29, 1.82) is 0 Å². The van der Waals surface area contributed by atoms with Crippen molar-refractivity contribution in [3.8, 4) is 0 Å². The van der Waals surface area contributed by atoms with Crippen molar-refractivity contribution in [2.24, 2.45) is 0 Å². The molecule has 0 aliphatic carbocycles. The van der Waals surface area contributed by atoms with Crippen molar-refractivity contribution in [2.75, 3.05) is 32.6 Å². The van der Waals surface area contributed by atoms with Gasteiger partial charge in [-0.25, -0.2) is 13.9 Å². The molecule has 1 heterocycles. The fourth-order valence-corrected chi connectivity index (χ4v) is 3.03.